The molecule has 0 bridgehead atoms. The minimum absolute atomic E-state index is 0.325. The summed E-state index contributed by atoms with van der Waals surface area (Å²) in [6, 6.07) is 11.0. The van der Waals surface area contributed by atoms with Crippen LogP contribution in [0, 0.1) is 0 Å². The van der Waals surface area contributed by atoms with Crippen LogP contribution in [0.3, 0.4) is 0 Å². The first-order chi connectivity index (χ1) is 11.2. The fourth-order valence-electron chi connectivity index (χ4n) is 2.44. The van der Waals surface area contributed by atoms with Crippen molar-refractivity contribution in [3.8, 4) is 5.75 Å². The first-order valence-electron chi connectivity index (χ1n) is 7.97. The van der Waals surface area contributed by atoms with Crippen molar-refractivity contribution in [3.05, 3.63) is 42.0 Å². The topological polar surface area (TPSA) is 65.0 Å². The number of methoxy groups -OCH3 is 1. The molecule has 2 rings (SSSR count). The standard InChI is InChI=1S/C18H25O5P/c1-12(2)22-24(20,23-13(3)4)18(19)16-7-6-15-11-17(21-5)9-8-14(15)10-16/h6-13,18-19H,1-5H3/t18-/m1/s1. The predicted octanol–water partition coefficient (Wildman–Crippen LogP) is 4.88. The summed E-state index contributed by atoms with van der Waals surface area (Å²) in [5.41, 5.74) is 0.498. The molecule has 0 fully saturated rings. The van der Waals surface area contributed by atoms with Crippen LogP contribution in [0.2, 0.25) is 0 Å². The Hall–Kier alpha value is -1.39. The van der Waals surface area contributed by atoms with Gasteiger partial charge in [-0.3, -0.25) is 4.57 Å². The van der Waals surface area contributed by atoms with Crippen LogP contribution < -0.4 is 4.74 Å². The second-order valence-corrected chi connectivity index (χ2v) is 8.18. The van der Waals surface area contributed by atoms with Crippen LogP contribution in [-0.2, 0) is 13.6 Å². The van der Waals surface area contributed by atoms with Crippen molar-refractivity contribution in [1.29, 1.82) is 0 Å². The van der Waals surface area contributed by atoms with E-state index in [0.717, 1.165) is 16.5 Å². The van der Waals surface area contributed by atoms with Gasteiger partial charge in [-0.05, 0) is 62.2 Å². The lowest BCUT2D eigenvalue weighted by molar-refractivity contribution is 0.101. The van der Waals surface area contributed by atoms with E-state index >= 15 is 0 Å². The molecule has 1 N–H and O–H groups in total. The summed E-state index contributed by atoms with van der Waals surface area (Å²) >= 11 is 0. The Bertz CT molecular complexity index is 727. The summed E-state index contributed by atoms with van der Waals surface area (Å²) in [4.78, 5) is 0. The summed E-state index contributed by atoms with van der Waals surface area (Å²) in [6.07, 6.45) is -0.650. The maximum Gasteiger partial charge on any atom is 0.363 e. The minimum Gasteiger partial charge on any atom is -0.497 e. The number of benzene rings is 2. The molecule has 0 saturated heterocycles. The Morgan fingerprint density at radius 2 is 1.46 bits per heavy atom. The van der Waals surface area contributed by atoms with Crippen LogP contribution in [-0.4, -0.2) is 24.4 Å². The Morgan fingerprint density at radius 1 is 0.917 bits per heavy atom. The third kappa shape index (κ3) is 4.37. The van der Waals surface area contributed by atoms with Gasteiger partial charge in [-0.1, -0.05) is 18.2 Å². The van der Waals surface area contributed by atoms with Crippen molar-refractivity contribution in [1.82, 2.24) is 0 Å². The van der Waals surface area contributed by atoms with Crippen molar-refractivity contribution in [2.75, 3.05) is 7.11 Å². The summed E-state index contributed by atoms with van der Waals surface area (Å²) in [5.74, 6) is -0.582. The Kier molecular flexibility index (Phi) is 6.05. The monoisotopic (exact) mass is 352 g/mol. The average molecular weight is 352 g/mol. The van der Waals surface area contributed by atoms with Crippen molar-refractivity contribution in [3.63, 3.8) is 0 Å². The van der Waals surface area contributed by atoms with Gasteiger partial charge >= 0.3 is 7.60 Å². The molecule has 0 aliphatic carbocycles. The van der Waals surface area contributed by atoms with E-state index in [9.17, 15) is 9.67 Å². The third-order valence-corrected chi connectivity index (χ3v) is 5.71. The number of rotatable bonds is 7. The van der Waals surface area contributed by atoms with Gasteiger partial charge in [-0.2, -0.15) is 0 Å². The van der Waals surface area contributed by atoms with Gasteiger partial charge in [0.15, 0.2) is 5.85 Å². The van der Waals surface area contributed by atoms with Crippen LogP contribution in [0.25, 0.3) is 10.8 Å². The van der Waals surface area contributed by atoms with E-state index in [0.29, 0.717) is 5.56 Å². The molecule has 0 amide bonds. The van der Waals surface area contributed by atoms with E-state index in [1.165, 1.54) is 0 Å². The summed E-state index contributed by atoms with van der Waals surface area (Å²) in [5, 5.41) is 12.5. The molecule has 0 aromatic heterocycles. The fourth-order valence-corrected chi connectivity index (χ4v) is 4.42. The van der Waals surface area contributed by atoms with Crippen LogP contribution in [0.5, 0.6) is 5.75 Å². The highest BCUT2D eigenvalue weighted by molar-refractivity contribution is 7.54. The lowest BCUT2D eigenvalue weighted by atomic mass is 10.1. The van der Waals surface area contributed by atoms with Crippen molar-refractivity contribution in [2.24, 2.45) is 0 Å². The molecule has 2 aromatic rings. The molecule has 0 aliphatic rings. The van der Waals surface area contributed by atoms with Crippen LogP contribution >= 0.6 is 7.60 Å². The normalized spacial score (nSPS) is 13.7. The molecular weight excluding hydrogens is 327 g/mol. The SMILES string of the molecule is COc1ccc2cc([C@H](O)P(=O)(OC(C)C)OC(C)C)ccc2c1. The molecule has 0 heterocycles. The number of fused-ring (bicyclic) bond motifs is 1. The van der Waals surface area contributed by atoms with Crippen LogP contribution in [0.1, 0.15) is 39.1 Å². The highest BCUT2D eigenvalue weighted by Gasteiger charge is 2.38. The molecule has 132 valence electrons. The van der Waals surface area contributed by atoms with Gasteiger partial charge in [-0.15, -0.1) is 0 Å². The number of hydrogen-bond donors (Lipinski definition) is 1. The summed E-state index contributed by atoms with van der Waals surface area (Å²) in [6.45, 7) is 7.04. The number of ether oxygens (including phenoxy) is 1. The second kappa shape index (κ2) is 7.66. The van der Waals surface area contributed by atoms with E-state index in [-0.39, 0.29) is 12.2 Å². The van der Waals surface area contributed by atoms with Crippen molar-refractivity contribution < 1.29 is 23.5 Å². The smallest absolute Gasteiger partial charge is 0.363 e. The molecule has 0 saturated carbocycles. The molecule has 0 aliphatic heterocycles. The Balaban J connectivity index is 2.40. The van der Waals surface area contributed by atoms with E-state index in [1.807, 2.05) is 24.3 Å². The predicted molar refractivity (Wildman–Crippen MR) is 95.5 cm³/mol. The van der Waals surface area contributed by atoms with E-state index in [2.05, 4.69) is 0 Å². The van der Waals surface area contributed by atoms with Gasteiger partial charge in [0, 0.05) is 0 Å². The van der Waals surface area contributed by atoms with Crippen molar-refractivity contribution >= 4 is 18.4 Å². The highest BCUT2D eigenvalue weighted by Crippen LogP contribution is 2.61. The maximum atomic E-state index is 13.1. The van der Waals surface area contributed by atoms with Gasteiger partial charge in [0.05, 0.1) is 19.3 Å². The number of aliphatic hydroxyl groups excluding tert-OH is 1. The summed E-state index contributed by atoms with van der Waals surface area (Å²) in [7, 11) is -2.09. The van der Waals surface area contributed by atoms with Crippen LogP contribution in [0.15, 0.2) is 36.4 Å². The largest absolute Gasteiger partial charge is 0.497 e. The molecule has 0 spiro atoms. The molecule has 5 nitrogen and oxygen atoms in total. The van der Waals surface area contributed by atoms with Gasteiger partial charge in [-0.25, -0.2) is 0 Å². The van der Waals surface area contributed by atoms with Gasteiger partial charge in [0.2, 0.25) is 0 Å². The lowest BCUT2D eigenvalue weighted by Gasteiger charge is -2.27. The molecule has 0 unspecified atom stereocenters. The zero-order valence-corrected chi connectivity index (χ0v) is 15.6. The Labute approximate surface area is 143 Å². The second-order valence-electron chi connectivity index (χ2n) is 6.19. The fraction of sp³-hybridized carbons (Fsp3) is 0.444. The quantitative estimate of drug-likeness (QED) is 0.719. The molecule has 24 heavy (non-hydrogen) atoms. The molecular formula is C18H25O5P. The lowest BCUT2D eigenvalue weighted by Crippen LogP contribution is -2.13. The van der Waals surface area contributed by atoms with E-state index in [1.54, 1.807) is 46.9 Å². The number of aliphatic hydroxyl groups is 1. The minimum atomic E-state index is -3.71. The zero-order valence-electron chi connectivity index (χ0n) is 14.7. The average Bonchev–Trinajstić information content (AvgIpc) is 2.51. The van der Waals surface area contributed by atoms with Gasteiger partial charge < -0.3 is 18.9 Å². The van der Waals surface area contributed by atoms with E-state index in [4.69, 9.17) is 13.8 Å². The maximum absolute atomic E-state index is 13.1. The highest BCUT2D eigenvalue weighted by atomic mass is 31.2. The van der Waals surface area contributed by atoms with Crippen LogP contribution in [0.4, 0.5) is 0 Å². The molecule has 0 radical (unpaired) electrons. The first kappa shape index (κ1) is 18.9. The molecule has 6 heteroatoms. The Morgan fingerprint density at radius 3 is 2.00 bits per heavy atom. The van der Waals surface area contributed by atoms with Gasteiger partial charge in [0.1, 0.15) is 5.75 Å². The zero-order chi connectivity index (χ0) is 17.9. The first-order valence-corrected chi connectivity index (χ1v) is 9.58. The summed E-state index contributed by atoms with van der Waals surface area (Å²) < 4.78 is 29.2. The van der Waals surface area contributed by atoms with Crippen molar-refractivity contribution in [2.45, 2.75) is 45.7 Å². The molecule has 2 aromatic carbocycles. The third-order valence-electron chi connectivity index (χ3n) is 3.38. The number of hydrogen-bond acceptors (Lipinski definition) is 5. The molecule has 1 atom stereocenters. The van der Waals surface area contributed by atoms with E-state index < -0.39 is 13.4 Å². The van der Waals surface area contributed by atoms with Gasteiger partial charge in [0.25, 0.3) is 0 Å².